The van der Waals surface area contributed by atoms with E-state index in [0.717, 1.165) is 12.1 Å². The molecule has 4 heteroatoms. The molecule has 2 aromatic rings. The minimum absolute atomic E-state index is 0.233. The summed E-state index contributed by atoms with van der Waals surface area (Å²) >= 11 is 1.92. The second-order valence-electron chi connectivity index (χ2n) is 5.09. The lowest BCUT2D eigenvalue weighted by Crippen LogP contribution is -2.12. The molecule has 2 N–H and O–H groups in total. The molecule has 3 rings (SSSR count). The van der Waals surface area contributed by atoms with Gasteiger partial charge < -0.3 is 15.2 Å². The van der Waals surface area contributed by atoms with Crippen LogP contribution in [-0.2, 0) is 25.9 Å². The molecule has 106 valence electrons. The van der Waals surface area contributed by atoms with Crippen molar-refractivity contribution in [1.29, 1.82) is 0 Å². The number of ether oxygens (including phenoxy) is 1. The third kappa shape index (κ3) is 2.67. The summed E-state index contributed by atoms with van der Waals surface area (Å²) in [6.45, 7) is 1.50. The Kier molecular flexibility index (Phi) is 3.94. The largest absolute Gasteiger partial charge is 0.504 e. The smallest absolute Gasteiger partial charge is 0.162 e. The summed E-state index contributed by atoms with van der Waals surface area (Å²) in [6.07, 6.45) is 3.80. The van der Waals surface area contributed by atoms with Crippen molar-refractivity contribution in [2.45, 2.75) is 32.4 Å². The zero-order valence-corrected chi connectivity index (χ0v) is 12.4. The van der Waals surface area contributed by atoms with Gasteiger partial charge in [0.1, 0.15) is 0 Å². The molecule has 1 aliphatic carbocycles. The van der Waals surface area contributed by atoms with Crippen molar-refractivity contribution >= 4 is 11.3 Å². The van der Waals surface area contributed by atoms with Gasteiger partial charge in [-0.3, -0.25) is 0 Å². The fraction of sp³-hybridized carbons (Fsp3) is 0.375. The second kappa shape index (κ2) is 5.85. The number of phenols is 1. The monoisotopic (exact) mass is 289 g/mol. The molecule has 0 unspecified atom stereocenters. The van der Waals surface area contributed by atoms with Crippen molar-refractivity contribution in [3.63, 3.8) is 0 Å². The van der Waals surface area contributed by atoms with E-state index in [2.05, 4.69) is 11.4 Å². The van der Waals surface area contributed by atoms with Gasteiger partial charge in [0, 0.05) is 28.4 Å². The Hall–Kier alpha value is -1.52. The molecule has 1 heterocycles. The van der Waals surface area contributed by atoms with E-state index in [1.807, 2.05) is 23.5 Å². The summed E-state index contributed by atoms with van der Waals surface area (Å²) in [5.41, 5.74) is 2.41. The van der Waals surface area contributed by atoms with E-state index in [9.17, 15) is 5.11 Å². The fourth-order valence-corrected chi connectivity index (χ4v) is 3.90. The Labute approximate surface area is 123 Å². The Bertz CT molecular complexity index is 585. The van der Waals surface area contributed by atoms with E-state index < -0.39 is 0 Å². The maximum absolute atomic E-state index is 10.0. The molecule has 3 nitrogen and oxygen atoms in total. The average molecular weight is 289 g/mol. The van der Waals surface area contributed by atoms with Crippen molar-refractivity contribution in [1.82, 2.24) is 5.32 Å². The van der Waals surface area contributed by atoms with Gasteiger partial charge in [-0.1, -0.05) is 12.1 Å². The number of aromatic hydroxyl groups is 1. The van der Waals surface area contributed by atoms with E-state index in [1.54, 1.807) is 18.1 Å². The van der Waals surface area contributed by atoms with Crippen molar-refractivity contribution in [3.05, 3.63) is 45.1 Å². The van der Waals surface area contributed by atoms with E-state index in [-0.39, 0.29) is 5.75 Å². The third-order valence-corrected chi connectivity index (χ3v) is 4.95. The minimum atomic E-state index is 0.233. The first-order chi connectivity index (χ1) is 9.78. The van der Waals surface area contributed by atoms with Gasteiger partial charge in [-0.05, 0) is 37.0 Å². The van der Waals surface area contributed by atoms with Crippen molar-refractivity contribution in [3.8, 4) is 11.5 Å². The Balaban J connectivity index is 1.59. The summed E-state index contributed by atoms with van der Waals surface area (Å²) in [5, 5.41) is 13.4. The lowest BCUT2D eigenvalue weighted by Gasteiger charge is -2.09. The maximum Gasteiger partial charge on any atom is 0.162 e. The van der Waals surface area contributed by atoms with Crippen molar-refractivity contribution in [2.75, 3.05) is 7.11 Å². The summed E-state index contributed by atoms with van der Waals surface area (Å²) in [4.78, 5) is 2.95. The van der Waals surface area contributed by atoms with Crippen LogP contribution in [0.1, 0.15) is 27.3 Å². The minimum Gasteiger partial charge on any atom is -0.504 e. The first-order valence-electron chi connectivity index (χ1n) is 6.94. The molecule has 0 fully saturated rings. The third-order valence-electron chi connectivity index (χ3n) is 3.71. The number of nitrogens with one attached hydrogen (secondary N) is 1. The van der Waals surface area contributed by atoms with Crippen LogP contribution in [0, 0.1) is 0 Å². The summed E-state index contributed by atoms with van der Waals surface area (Å²) in [7, 11) is 1.57. The number of aryl methyl sites for hydroxylation is 2. The van der Waals surface area contributed by atoms with Gasteiger partial charge in [0.05, 0.1) is 7.11 Å². The van der Waals surface area contributed by atoms with Crippen LogP contribution in [0.4, 0.5) is 0 Å². The van der Waals surface area contributed by atoms with Gasteiger partial charge in [-0.25, -0.2) is 0 Å². The average Bonchev–Trinajstić information content (AvgIpc) is 3.01. The summed E-state index contributed by atoms with van der Waals surface area (Å²) < 4.78 is 5.12. The number of fused-ring (bicyclic) bond motifs is 1. The summed E-state index contributed by atoms with van der Waals surface area (Å²) in [6, 6.07) is 7.91. The number of benzene rings is 1. The van der Waals surface area contributed by atoms with Gasteiger partial charge in [0.2, 0.25) is 0 Å². The molecule has 0 saturated heterocycles. The zero-order valence-electron chi connectivity index (χ0n) is 11.6. The molecule has 0 spiro atoms. The molecule has 0 atom stereocenters. The first kappa shape index (κ1) is 13.5. The van der Waals surface area contributed by atoms with E-state index in [1.165, 1.54) is 29.7 Å². The lowest BCUT2D eigenvalue weighted by atomic mass is 10.2. The van der Waals surface area contributed by atoms with Crippen LogP contribution < -0.4 is 10.1 Å². The van der Waals surface area contributed by atoms with Crippen molar-refractivity contribution < 1.29 is 9.84 Å². The predicted octanol–water partition coefficient (Wildman–Crippen LogP) is 3.24. The van der Waals surface area contributed by atoms with Crippen LogP contribution in [0.5, 0.6) is 11.5 Å². The summed E-state index contributed by atoms with van der Waals surface area (Å²) in [5.74, 6) is 0.760. The predicted molar refractivity (Wildman–Crippen MR) is 81.5 cm³/mol. The SMILES string of the molecule is COc1cccc(CNCc2cc3c(s2)CCC3)c1O. The lowest BCUT2D eigenvalue weighted by molar-refractivity contribution is 0.369. The molecule has 1 aromatic carbocycles. The topological polar surface area (TPSA) is 41.5 Å². The number of hydrogen-bond acceptors (Lipinski definition) is 4. The fourth-order valence-electron chi connectivity index (χ4n) is 2.67. The number of phenolic OH excluding ortho intramolecular Hbond substituents is 1. The van der Waals surface area contributed by atoms with E-state index >= 15 is 0 Å². The molecule has 0 radical (unpaired) electrons. The van der Waals surface area contributed by atoms with E-state index in [0.29, 0.717) is 12.3 Å². The maximum atomic E-state index is 10.0. The molecule has 0 aliphatic heterocycles. The molecular weight excluding hydrogens is 270 g/mol. The van der Waals surface area contributed by atoms with Crippen LogP contribution >= 0.6 is 11.3 Å². The van der Waals surface area contributed by atoms with Gasteiger partial charge in [-0.2, -0.15) is 0 Å². The van der Waals surface area contributed by atoms with E-state index in [4.69, 9.17) is 4.74 Å². The van der Waals surface area contributed by atoms with Crippen LogP contribution in [0.15, 0.2) is 24.3 Å². The highest BCUT2D eigenvalue weighted by molar-refractivity contribution is 7.12. The van der Waals surface area contributed by atoms with Gasteiger partial charge in [0.25, 0.3) is 0 Å². The van der Waals surface area contributed by atoms with Gasteiger partial charge >= 0.3 is 0 Å². The Morgan fingerprint density at radius 3 is 3.00 bits per heavy atom. The highest BCUT2D eigenvalue weighted by Crippen LogP contribution is 2.31. The number of hydrogen-bond donors (Lipinski definition) is 2. The molecule has 0 saturated carbocycles. The zero-order chi connectivity index (χ0) is 13.9. The molecule has 0 bridgehead atoms. The molecule has 1 aliphatic rings. The molecule has 20 heavy (non-hydrogen) atoms. The quantitative estimate of drug-likeness (QED) is 0.888. The number of para-hydroxylation sites is 1. The Morgan fingerprint density at radius 2 is 2.20 bits per heavy atom. The van der Waals surface area contributed by atoms with Crippen LogP contribution in [0.2, 0.25) is 0 Å². The number of thiophene rings is 1. The molecule has 0 amide bonds. The van der Waals surface area contributed by atoms with Crippen molar-refractivity contribution in [2.24, 2.45) is 0 Å². The standard InChI is InChI=1S/C16H19NO2S/c1-19-14-6-2-5-12(16(14)18)9-17-10-13-8-11-4-3-7-15(11)20-13/h2,5-6,8,17-18H,3-4,7,9-10H2,1H3. The Morgan fingerprint density at radius 1 is 1.30 bits per heavy atom. The highest BCUT2D eigenvalue weighted by atomic mass is 32.1. The van der Waals surface area contributed by atoms with Crippen LogP contribution in [-0.4, -0.2) is 12.2 Å². The molecule has 1 aromatic heterocycles. The van der Waals surface area contributed by atoms with Gasteiger partial charge in [0.15, 0.2) is 11.5 Å². The first-order valence-corrected chi connectivity index (χ1v) is 7.75. The number of rotatable bonds is 5. The number of methoxy groups -OCH3 is 1. The second-order valence-corrected chi connectivity index (χ2v) is 6.31. The molecular formula is C16H19NO2S. The van der Waals surface area contributed by atoms with Crippen LogP contribution in [0.3, 0.4) is 0 Å². The normalized spacial score (nSPS) is 13.4. The highest BCUT2D eigenvalue weighted by Gasteiger charge is 2.14. The van der Waals surface area contributed by atoms with Gasteiger partial charge in [-0.15, -0.1) is 11.3 Å². The van der Waals surface area contributed by atoms with Crippen LogP contribution in [0.25, 0.3) is 0 Å².